The van der Waals surface area contributed by atoms with Gasteiger partial charge in [0.05, 0.1) is 23.5 Å². The number of nitrogens with zero attached hydrogens (tertiary/aromatic N) is 1. The van der Waals surface area contributed by atoms with E-state index >= 15 is 0 Å². The Kier molecular flexibility index (Phi) is 4.85. The zero-order valence-electron chi connectivity index (χ0n) is 14.3. The third-order valence-electron chi connectivity index (χ3n) is 4.61. The molecule has 0 unspecified atom stereocenters. The summed E-state index contributed by atoms with van der Waals surface area (Å²) in [7, 11) is 0. The zero-order chi connectivity index (χ0) is 16.9. The maximum Gasteiger partial charge on any atom is 0.0610 e. The molecule has 0 amide bonds. The third kappa shape index (κ3) is 3.28. The fourth-order valence-electron chi connectivity index (χ4n) is 3.26. The molecule has 2 N–H and O–H groups in total. The summed E-state index contributed by atoms with van der Waals surface area (Å²) in [4.78, 5) is 2.40. The number of rotatable bonds is 5. The van der Waals surface area contributed by atoms with Gasteiger partial charge in [-0.2, -0.15) is 0 Å². The fraction of sp³-hybridized carbons (Fsp3) is 0.182. The van der Waals surface area contributed by atoms with E-state index in [9.17, 15) is 0 Å². The molecule has 3 rings (SSSR count). The van der Waals surface area contributed by atoms with Gasteiger partial charge in [0.1, 0.15) is 0 Å². The van der Waals surface area contributed by atoms with Gasteiger partial charge in [-0.3, -0.25) is 0 Å². The Labute approximate surface area is 144 Å². The number of para-hydroxylation sites is 2. The number of nitrogen functional groups attached to an aromatic ring is 1. The highest BCUT2D eigenvalue weighted by atomic mass is 15.2. The van der Waals surface area contributed by atoms with Gasteiger partial charge in [0, 0.05) is 0 Å². The highest BCUT2D eigenvalue weighted by Gasteiger charge is 2.24. The monoisotopic (exact) mass is 316 g/mol. The first kappa shape index (κ1) is 16.1. The van der Waals surface area contributed by atoms with Gasteiger partial charge in [0.2, 0.25) is 0 Å². The molecule has 2 nitrogen and oxygen atoms in total. The molecule has 3 aromatic carbocycles. The minimum atomic E-state index is 0.214. The van der Waals surface area contributed by atoms with Gasteiger partial charge < -0.3 is 10.6 Å². The van der Waals surface area contributed by atoms with Gasteiger partial charge >= 0.3 is 0 Å². The van der Waals surface area contributed by atoms with Gasteiger partial charge in [-0.1, -0.05) is 72.8 Å². The van der Waals surface area contributed by atoms with Crippen LogP contribution in [-0.2, 0) is 0 Å². The van der Waals surface area contributed by atoms with E-state index in [1.165, 1.54) is 11.1 Å². The van der Waals surface area contributed by atoms with E-state index in [4.69, 9.17) is 5.73 Å². The second kappa shape index (κ2) is 7.22. The first-order valence-corrected chi connectivity index (χ1v) is 8.41. The number of anilines is 2. The largest absolute Gasteiger partial charge is 0.397 e. The summed E-state index contributed by atoms with van der Waals surface area (Å²) < 4.78 is 0. The van der Waals surface area contributed by atoms with E-state index in [1.807, 2.05) is 18.2 Å². The van der Waals surface area contributed by atoms with Crippen LogP contribution in [0.15, 0.2) is 84.9 Å². The van der Waals surface area contributed by atoms with Crippen LogP contribution in [0.25, 0.3) is 0 Å². The molecule has 0 saturated carbocycles. The lowest BCUT2D eigenvalue weighted by atomic mass is 9.99. The molecular formula is C22H24N2. The number of benzene rings is 3. The van der Waals surface area contributed by atoms with E-state index < -0.39 is 0 Å². The number of nitrogens with two attached hydrogens (primary N) is 1. The predicted octanol–water partition coefficient (Wildman–Crippen LogP) is 5.60. The van der Waals surface area contributed by atoms with Crippen LogP contribution in [0.5, 0.6) is 0 Å². The molecule has 122 valence electrons. The van der Waals surface area contributed by atoms with Crippen molar-refractivity contribution in [2.75, 3.05) is 10.6 Å². The Hall–Kier alpha value is -2.74. The average molecular weight is 316 g/mol. The highest BCUT2D eigenvalue weighted by molar-refractivity contribution is 5.69. The van der Waals surface area contributed by atoms with Crippen molar-refractivity contribution in [3.8, 4) is 0 Å². The van der Waals surface area contributed by atoms with Gasteiger partial charge in [-0.15, -0.1) is 0 Å². The van der Waals surface area contributed by atoms with E-state index in [0.717, 1.165) is 11.4 Å². The zero-order valence-corrected chi connectivity index (χ0v) is 14.3. The normalized spacial score (nSPS) is 13.2. The summed E-state index contributed by atoms with van der Waals surface area (Å²) in [6.07, 6.45) is 0. The van der Waals surface area contributed by atoms with E-state index in [-0.39, 0.29) is 12.1 Å². The molecule has 0 aliphatic carbocycles. The predicted molar refractivity (Wildman–Crippen MR) is 103 cm³/mol. The van der Waals surface area contributed by atoms with Crippen LogP contribution in [0, 0.1) is 0 Å². The molecule has 0 saturated heterocycles. The molecule has 24 heavy (non-hydrogen) atoms. The van der Waals surface area contributed by atoms with Crippen LogP contribution in [0.4, 0.5) is 11.4 Å². The maximum absolute atomic E-state index is 6.31. The second-order valence-electron chi connectivity index (χ2n) is 6.14. The Morgan fingerprint density at radius 1 is 0.625 bits per heavy atom. The van der Waals surface area contributed by atoms with Crippen molar-refractivity contribution in [1.82, 2.24) is 0 Å². The summed E-state index contributed by atoms with van der Waals surface area (Å²) in [6.45, 7) is 4.47. The Balaban J connectivity index is 2.06. The van der Waals surface area contributed by atoms with Crippen molar-refractivity contribution in [3.63, 3.8) is 0 Å². The van der Waals surface area contributed by atoms with Crippen molar-refractivity contribution >= 4 is 11.4 Å². The SMILES string of the molecule is C[C@@H](c1ccccc1)N(c1ccccc1N)[C@@H](C)c1ccccc1. The van der Waals surface area contributed by atoms with Crippen molar-refractivity contribution in [2.24, 2.45) is 0 Å². The number of hydrogen-bond acceptors (Lipinski definition) is 2. The Morgan fingerprint density at radius 3 is 1.50 bits per heavy atom. The minimum absolute atomic E-state index is 0.214. The summed E-state index contributed by atoms with van der Waals surface area (Å²) in [5.74, 6) is 0. The van der Waals surface area contributed by atoms with Gasteiger partial charge in [-0.05, 0) is 37.1 Å². The Morgan fingerprint density at radius 2 is 1.04 bits per heavy atom. The van der Waals surface area contributed by atoms with Crippen LogP contribution < -0.4 is 10.6 Å². The molecule has 0 aliphatic rings. The second-order valence-corrected chi connectivity index (χ2v) is 6.14. The first-order valence-electron chi connectivity index (χ1n) is 8.41. The van der Waals surface area contributed by atoms with Crippen LogP contribution >= 0.6 is 0 Å². The van der Waals surface area contributed by atoms with Crippen molar-refractivity contribution in [1.29, 1.82) is 0 Å². The Bertz CT molecular complexity index is 723. The molecule has 2 heteroatoms. The fourth-order valence-corrected chi connectivity index (χ4v) is 3.26. The molecule has 0 spiro atoms. The molecule has 0 fully saturated rings. The van der Waals surface area contributed by atoms with Gasteiger partial charge in [0.15, 0.2) is 0 Å². The summed E-state index contributed by atoms with van der Waals surface area (Å²) in [5, 5.41) is 0. The van der Waals surface area contributed by atoms with Crippen molar-refractivity contribution in [3.05, 3.63) is 96.1 Å². The van der Waals surface area contributed by atoms with Crippen LogP contribution in [0.1, 0.15) is 37.1 Å². The van der Waals surface area contributed by atoms with E-state index in [1.54, 1.807) is 0 Å². The van der Waals surface area contributed by atoms with Gasteiger partial charge in [0.25, 0.3) is 0 Å². The smallest absolute Gasteiger partial charge is 0.0610 e. The minimum Gasteiger partial charge on any atom is -0.397 e. The molecule has 3 aromatic rings. The quantitative estimate of drug-likeness (QED) is 0.621. The summed E-state index contributed by atoms with van der Waals surface area (Å²) >= 11 is 0. The molecular weight excluding hydrogens is 292 g/mol. The molecule has 0 radical (unpaired) electrons. The average Bonchev–Trinajstić information content (AvgIpc) is 2.64. The first-order chi connectivity index (χ1) is 11.7. The lowest BCUT2D eigenvalue weighted by Gasteiger charge is -2.38. The molecule has 0 aromatic heterocycles. The summed E-state index contributed by atoms with van der Waals surface area (Å²) in [5.41, 5.74) is 10.8. The molecule has 0 heterocycles. The topological polar surface area (TPSA) is 29.3 Å². The van der Waals surface area contributed by atoms with Crippen molar-refractivity contribution < 1.29 is 0 Å². The van der Waals surface area contributed by atoms with E-state index in [0.29, 0.717) is 0 Å². The van der Waals surface area contributed by atoms with Crippen LogP contribution in [0.2, 0.25) is 0 Å². The number of hydrogen-bond donors (Lipinski definition) is 1. The molecule has 2 atom stereocenters. The standard InChI is InChI=1S/C22H24N2/c1-17(19-11-5-3-6-12-19)24(22-16-10-9-15-21(22)23)18(2)20-13-7-4-8-14-20/h3-18H,23H2,1-2H3/t17-,18-/m0/s1. The maximum atomic E-state index is 6.31. The van der Waals surface area contributed by atoms with Crippen LogP contribution in [-0.4, -0.2) is 0 Å². The van der Waals surface area contributed by atoms with Crippen LogP contribution in [0.3, 0.4) is 0 Å². The molecule has 0 aliphatic heterocycles. The summed E-state index contributed by atoms with van der Waals surface area (Å²) in [6, 6.07) is 29.7. The lowest BCUT2D eigenvalue weighted by molar-refractivity contribution is 0.587. The van der Waals surface area contributed by atoms with Crippen molar-refractivity contribution in [2.45, 2.75) is 25.9 Å². The van der Waals surface area contributed by atoms with E-state index in [2.05, 4.69) is 85.5 Å². The highest BCUT2D eigenvalue weighted by Crippen LogP contribution is 2.38. The van der Waals surface area contributed by atoms with Gasteiger partial charge in [-0.25, -0.2) is 0 Å². The third-order valence-corrected chi connectivity index (χ3v) is 4.61. The molecule has 0 bridgehead atoms. The lowest BCUT2D eigenvalue weighted by Crippen LogP contribution is -2.30.